The van der Waals surface area contributed by atoms with E-state index in [2.05, 4.69) is 28.5 Å². The van der Waals surface area contributed by atoms with E-state index >= 15 is 0 Å². The molecule has 1 aromatic carbocycles. The standard InChI is InChI=1S/C22H25N5O2/c1-14(2)21-23-10-11-26(21)15(3)17-12-19(28)27-22(24-17)20(18(25-27)13-29-4)16-8-6-5-7-9-16/h5-12,14-15,25H,13H2,1-4H3. The summed E-state index contributed by atoms with van der Waals surface area (Å²) in [5.41, 5.74) is 3.84. The molecule has 4 rings (SSSR count). The topological polar surface area (TPSA) is 77.2 Å². The van der Waals surface area contributed by atoms with Crippen molar-refractivity contribution in [3.63, 3.8) is 0 Å². The first-order valence-electron chi connectivity index (χ1n) is 9.73. The van der Waals surface area contributed by atoms with Gasteiger partial charge in [-0.3, -0.25) is 9.89 Å². The minimum atomic E-state index is -0.150. The zero-order valence-electron chi connectivity index (χ0n) is 17.1. The van der Waals surface area contributed by atoms with Gasteiger partial charge in [-0.05, 0) is 12.5 Å². The minimum Gasteiger partial charge on any atom is -0.378 e. The molecule has 3 aromatic heterocycles. The summed E-state index contributed by atoms with van der Waals surface area (Å²) in [6.07, 6.45) is 3.73. The zero-order valence-corrected chi connectivity index (χ0v) is 17.1. The number of aromatic amines is 1. The van der Waals surface area contributed by atoms with Crippen molar-refractivity contribution in [1.82, 2.24) is 24.1 Å². The molecule has 0 aliphatic heterocycles. The molecule has 1 unspecified atom stereocenters. The number of H-pyrrole nitrogens is 1. The van der Waals surface area contributed by atoms with Gasteiger partial charge in [-0.15, -0.1) is 0 Å². The summed E-state index contributed by atoms with van der Waals surface area (Å²) in [6.45, 7) is 6.61. The number of fused-ring (bicyclic) bond motifs is 1. The molecule has 150 valence electrons. The molecule has 7 nitrogen and oxygen atoms in total. The van der Waals surface area contributed by atoms with Crippen LogP contribution in [-0.2, 0) is 11.3 Å². The van der Waals surface area contributed by atoms with Gasteiger partial charge in [0.05, 0.1) is 24.0 Å². The lowest BCUT2D eigenvalue weighted by Crippen LogP contribution is -2.20. The first kappa shape index (κ1) is 19.1. The summed E-state index contributed by atoms with van der Waals surface area (Å²) < 4.78 is 8.92. The van der Waals surface area contributed by atoms with Crippen LogP contribution in [0.2, 0.25) is 0 Å². The molecule has 0 bridgehead atoms. The molecule has 7 heteroatoms. The van der Waals surface area contributed by atoms with E-state index in [9.17, 15) is 4.79 Å². The summed E-state index contributed by atoms with van der Waals surface area (Å²) in [4.78, 5) is 22.3. The number of nitrogens with one attached hydrogen (secondary N) is 1. The van der Waals surface area contributed by atoms with E-state index in [4.69, 9.17) is 9.72 Å². The molecule has 0 aliphatic carbocycles. The Labute approximate surface area is 169 Å². The lowest BCUT2D eigenvalue weighted by molar-refractivity contribution is 0.181. The second-order valence-corrected chi connectivity index (χ2v) is 7.47. The van der Waals surface area contributed by atoms with E-state index in [1.165, 1.54) is 4.52 Å². The maximum atomic E-state index is 12.9. The third kappa shape index (κ3) is 3.38. The van der Waals surface area contributed by atoms with Crippen molar-refractivity contribution in [2.24, 2.45) is 0 Å². The molecular weight excluding hydrogens is 366 g/mol. The Morgan fingerprint density at radius 1 is 1.17 bits per heavy atom. The fourth-order valence-electron chi connectivity index (χ4n) is 3.71. The van der Waals surface area contributed by atoms with Crippen LogP contribution in [0.5, 0.6) is 0 Å². The Morgan fingerprint density at radius 3 is 2.62 bits per heavy atom. The molecule has 0 saturated carbocycles. The fraction of sp³-hybridized carbons (Fsp3) is 0.318. The average molecular weight is 391 g/mol. The van der Waals surface area contributed by atoms with Gasteiger partial charge in [0.15, 0.2) is 5.65 Å². The van der Waals surface area contributed by atoms with Gasteiger partial charge in [-0.2, -0.15) is 0 Å². The van der Waals surface area contributed by atoms with Crippen LogP contribution < -0.4 is 5.56 Å². The van der Waals surface area contributed by atoms with Gasteiger partial charge < -0.3 is 9.30 Å². The average Bonchev–Trinajstić information content (AvgIpc) is 3.33. The van der Waals surface area contributed by atoms with Crippen LogP contribution in [0.15, 0.2) is 53.6 Å². The largest absolute Gasteiger partial charge is 0.378 e. The predicted octanol–water partition coefficient (Wildman–Crippen LogP) is 3.77. The van der Waals surface area contributed by atoms with Gasteiger partial charge in [0, 0.05) is 37.1 Å². The molecule has 0 amide bonds. The van der Waals surface area contributed by atoms with Crippen LogP contribution in [0.4, 0.5) is 0 Å². The lowest BCUT2D eigenvalue weighted by atomic mass is 10.1. The molecule has 29 heavy (non-hydrogen) atoms. The van der Waals surface area contributed by atoms with Gasteiger partial charge >= 0.3 is 0 Å². The Balaban J connectivity index is 1.92. The van der Waals surface area contributed by atoms with Crippen molar-refractivity contribution in [1.29, 1.82) is 0 Å². The van der Waals surface area contributed by atoms with Gasteiger partial charge in [-0.25, -0.2) is 14.5 Å². The van der Waals surface area contributed by atoms with Crippen LogP contribution in [0.25, 0.3) is 16.8 Å². The molecule has 0 fully saturated rings. The Morgan fingerprint density at radius 2 is 1.93 bits per heavy atom. The summed E-state index contributed by atoms with van der Waals surface area (Å²) in [5, 5.41) is 3.16. The Kier molecular flexibility index (Phi) is 5.07. The maximum absolute atomic E-state index is 12.9. The van der Waals surface area contributed by atoms with E-state index < -0.39 is 0 Å². The molecular formula is C22H25N5O2. The molecule has 0 radical (unpaired) electrons. The van der Waals surface area contributed by atoms with Gasteiger partial charge in [-0.1, -0.05) is 44.2 Å². The molecule has 0 spiro atoms. The summed E-state index contributed by atoms with van der Waals surface area (Å²) in [5.74, 6) is 1.25. The number of benzene rings is 1. The second kappa shape index (κ2) is 7.67. The highest BCUT2D eigenvalue weighted by atomic mass is 16.5. The summed E-state index contributed by atoms with van der Waals surface area (Å²) >= 11 is 0. The number of aromatic nitrogens is 5. The van der Waals surface area contributed by atoms with E-state index in [1.807, 2.05) is 43.5 Å². The van der Waals surface area contributed by atoms with E-state index in [-0.39, 0.29) is 17.5 Å². The van der Waals surface area contributed by atoms with Crippen molar-refractivity contribution < 1.29 is 4.74 Å². The first-order valence-corrected chi connectivity index (χ1v) is 9.73. The Bertz CT molecular complexity index is 1190. The highest BCUT2D eigenvalue weighted by molar-refractivity contribution is 5.79. The number of imidazole rings is 1. The number of rotatable bonds is 6. The van der Waals surface area contributed by atoms with Crippen molar-refractivity contribution >= 4 is 5.65 Å². The highest BCUT2D eigenvalue weighted by Crippen LogP contribution is 2.29. The van der Waals surface area contributed by atoms with Crippen LogP contribution >= 0.6 is 0 Å². The summed E-state index contributed by atoms with van der Waals surface area (Å²) in [6, 6.07) is 11.4. The Hall–Kier alpha value is -3.19. The normalized spacial score (nSPS) is 12.7. The predicted molar refractivity (Wildman–Crippen MR) is 112 cm³/mol. The SMILES string of the molecule is COCc1[nH]n2c(=O)cc(C(C)n3ccnc3C(C)C)nc2c1-c1ccccc1. The monoisotopic (exact) mass is 391 g/mol. The van der Waals surface area contributed by atoms with Gasteiger partial charge in [0.25, 0.3) is 5.56 Å². The third-order valence-corrected chi connectivity index (χ3v) is 5.12. The number of ether oxygens (including phenoxy) is 1. The maximum Gasteiger partial charge on any atom is 0.272 e. The van der Waals surface area contributed by atoms with E-state index in [1.54, 1.807) is 19.4 Å². The molecule has 4 aromatic rings. The number of hydrogen-bond donors (Lipinski definition) is 1. The molecule has 1 atom stereocenters. The second-order valence-electron chi connectivity index (χ2n) is 7.47. The van der Waals surface area contributed by atoms with Crippen molar-refractivity contribution in [3.05, 3.63) is 76.4 Å². The number of nitrogens with zero attached hydrogens (tertiary/aromatic N) is 4. The van der Waals surface area contributed by atoms with Gasteiger partial charge in [0.1, 0.15) is 5.82 Å². The lowest BCUT2D eigenvalue weighted by Gasteiger charge is -2.17. The van der Waals surface area contributed by atoms with Crippen LogP contribution in [0.1, 0.15) is 49.9 Å². The van der Waals surface area contributed by atoms with Gasteiger partial charge in [0.2, 0.25) is 0 Å². The smallest absolute Gasteiger partial charge is 0.272 e. The van der Waals surface area contributed by atoms with Crippen molar-refractivity contribution in [3.8, 4) is 11.1 Å². The quantitative estimate of drug-likeness (QED) is 0.543. The summed E-state index contributed by atoms with van der Waals surface area (Å²) in [7, 11) is 1.64. The third-order valence-electron chi connectivity index (χ3n) is 5.12. The fourth-order valence-corrected chi connectivity index (χ4v) is 3.71. The first-order chi connectivity index (χ1) is 14.0. The number of hydrogen-bond acceptors (Lipinski definition) is 4. The highest BCUT2D eigenvalue weighted by Gasteiger charge is 2.21. The molecule has 1 N–H and O–H groups in total. The zero-order chi connectivity index (χ0) is 20.5. The van der Waals surface area contributed by atoms with Crippen LogP contribution in [0.3, 0.4) is 0 Å². The van der Waals surface area contributed by atoms with Crippen molar-refractivity contribution in [2.75, 3.05) is 7.11 Å². The minimum absolute atomic E-state index is 0.114. The van der Waals surface area contributed by atoms with Crippen molar-refractivity contribution in [2.45, 2.75) is 39.3 Å². The van der Waals surface area contributed by atoms with Crippen LogP contribution in [-0.4, -0.2) is 31.3 Å². The number of methoxy groups -OCH3 is 1. The van der Waals surface area contributed by atoms with Crippen LogP contribution in [0, 0.1) is 0 Å². The van der Waals surface area contributed by atoms with E-state index in [0.29, 0.717) is 17.9 Å². The molecule has 0 saturated heterocycles. The molecule has 0 aliphatic rings. The molecule has 3 heterocycles. The van der Waals surface area contributed by atoms with E-state index in [0.717, 1.165) is 22.6 Å².